The lowest BCUT2D eigenvalue weighted by atomic mass is 9.96. The Hall–Kier alpha value is -2.73. The van der Waals surface area contributed by atoms with Crippen molar-refractivity contribution in [2.45, 2.75) is 18.3 Å². The summed E-state index contributed by atoms with van der Waals surface area (Å²) in [5.41, 5.74) is 0.627. The summed E-state index contributed by atoms with van der Waals surface area (Å²) in [6.45, 7) is -0.380. The average molecular weight is 390 g/mol. The Labute approximate surface area is 162 Å². The first-order chi connectivity index (χ1) is 13.0. The lowest BCUT2D eigenvalue weighted by Gasteiger charge is -2.15. The van der Waals surface area contributed by atoms with Crippen LogP contribution >= 0.6 is 11.6 Å². The van der Waals surface area contributed by atoms with E-state index in [9.17, 15) is 9.59 Å². The van der Waals surface area contributed by atoms with Crippen molar-refractivity contribution in [2.24, 2.45) is 0 Å². The molecule has 2 aromatic carbocycles. The minimum Gasteiger partial charge on any atom is -0.497 e. The molecule has 1 aliphatic carbocycles. The van der Waals surface area contributed by atoms with E-state index >= 15 is 0 Å². The summed E-state index contributed by atoms with van der Waals surface area (Å²) in [7, 11) is 3.03. The molecule has 1 aliphatic rings. The van der Waals surface area contributed by atoms with Crippen LogP contribution in [0.5, 0.6) is 11.5 Å². The van der Waals surface area contributed by atoms with Crippen molar-refractivity contribution >= 4 is 29.2 Å². The molecule has 0 aliphatic heterocycles. The molecule has 7 heteroatoms. The molecule has 0 atom stereocenters. The maximum atomic E-state index is 12.5. The summed E-state index contributed by atoms with van der Waals surface area (Å²) >= 11 is 5.90. The molecule has 0 bridgehead atoms. The van der Waals surface area contributed by atoms with Crippen molar-refractivity contribution in [2.75, 3.05) is 26.1 Å². The standard InChI is InChI=1S/C20H20ClNO5/c1-25-15-7-8-17(26-2)16(11-15)22-18(23)12-27-19(24)20(9-10-20)13-3-5-14(21)6-4-13/h3-8,11H,9-10,12H2,1-2H3,(H,22,23). The first kappa shape index (κ1) is 19.0. The molecule has 1 fully saturated rings. The first-order valence-electron chi connectivity index (χ1n) is 8.43. The number of hydrogen-bond donors (Lipinski definition) is 1. The zero-order valence-electron chi connectivity index (χ0n) is 15.1. The van der Waals surface area contributed by atoms with Crippen LogP contribution in [0.3, 0.4) is 0 Å². The predicted octanol–water partition coefficient (Wildman–Crippen LogP) is 3.57. The molecular weight excluding hydrogens is 370 g/mol. The molecule has 0 aromatic heterocycles. The third-order valence-corrected chi connectivity index (χ3v) is 4.80. The van der Waals surface area contributed by atoms with Gasteiger partial charge in [0.2, 0.25) is 0 Å². The Kier molecular flexibility index (Phi) is 5.56. The van der Waals surface area contributed by atoms with Crippen molar-refractivity contribution in [1.29, 1.82) is 0 Å². The molecule has 0 spiro atoms. The summed E-state index contributed by atoms with van der Waals surface area (Å²) in [5, 5.41) is 3.28. The highest BCUT2D eigenvalue weighted by Gasteiger charge is 2.52. The van der Waals surface area contributed by atoms with Crippen LogP contribution in [0.25, 0.3) is 0 Å². The topological polar surface area (TPSA) is 73.9 Å². The Balaban J connectivity index is 1.61. The number of esters is 1. The van der Waals surface area contributed by atoms with Crippen molar-refractivity contribution in [3.8, 4) is 11.5 Å². The number of benzene rings is 2. The molecule has 1 saturated carbocycles. The SMILES string of the molecule is COc1ccc(OC)c(NC(=O)COC(=O)C2(c3ccc(Cl)cc3)CC2)c1. The lowest BCUT2D eigenvalue weighted by molar-refractivity contribution is -0.150. The number of anilines is 1. The summed E-state index contributed by atoms with van der Waals surface area (Å²) in [6.07, 6.45) is 1.39. The Morgan fingerprint density at radius 1 is 1.07 bits per heavy atom. The van der Waals surface area contributed by atoms with Crippen molar-refractivity contribution in [1.82, 2.24) is 0 Å². The van der Waals surface area contributed by atoms with Gasteiger partial charge in [-0.2, -0.15) is 0 Å². The zero-order chi connectivity index (χ0) is 19.4. The fourth-order valence-corrected chi connectivity index (χ4v) is 3.00. The smallest absolute Gasteiger partial charge is 0.317 e. The van der Waals surface area contributed by atoms with Crippen LogP contribution < -0.4 is 14.8 Å². The van der Waals surface area contributed by atoms with Crippen LogP contribution in [0.15, 0.2) is 42.5 Å². The third-order valence-electron chi connectivity index (χ3n) is 4.55. The van der Waals surface area contributed by atoms with E-state index in [-0.39, 0.29) is 6.61 Å². The van der Waals surface area contributed by atoms with Gasteiger partial charge in [-0.1, -0.05) is 23.7 Å². The van der Waals surface area contributed by atoms with Crippen LogP contribution in [-0.4, -0.2) is 32.7 Å². The third kappa shape index (κ3) is 4.17. The van der Waals surface area contributed by atoms with Crippen LogP contribution in [0, 0.1) is 0 Å². The Bertz CT molecular complexity index is 846. The monoisotopic (exact) mass is 389 g/mol. The molecule has 1 N–H and O–H groups in total. The molecule has 0 unspecified atom stereocenters. The molecule has 6 nitrogen and oxygen atoms in total. The van der Waals surface area contributed by atoms with Crippen LogP contribution in [-0.2, 0) is 19.7 Å². The second kappa shape index (κ2) is 7.88. The summed E-state index contributed by atoms with van der Waals surface area (Å²) in [4.78, 5) is 24.7. The zero-order valence-corrected chi connectivity index (χ0v) is 15.8. The largest absolute Gasteiger partial charge is 0.497 e. The minimum absolute atomic E-state index is 0.380. The number of carbonyl (C=O) groups is 2. The fraction of sp³-hybridized carbons (Fsp3) is 0.300. The van der Waals surface area contributed by atoms with Gasteiger partial charge < -0.3 is 19.5 Å². The van der Waals surface area contributed by atoms with Gasteiger partial charge in [0.15, 0.2) is 6.61 Å². The average Bonchev–Trinajstić information content (AvgIpc) is 3.48. The molecular formula is C20H20ClNO5. The van der Waals surface area contributed by atoms with Crippen LogP contribution in [0.2, 0.25) is 5.02 Å². The van der Waals surface area contributed by atoms with E-state index in [0.29, 0.717) is 35.1 Å². The molecule has 2 aromatic rings. The number of hydrogen-bond acceptors (Lipinski definition) is 5. The molecule has 0 heterocycles. The van der Waals surface area contributed by atoms with Gasteiger partial charge in [-0.25, -0.2) is 0 Å². The predicted molar refractivity (Wildman–Crippen MR) is 101 cm³/mol. The van der Waals surface area contributed by atoms with Crippen molar-refractivity contribution in [3.05, 3.63) is 53.1 Å². The van der Waals surface area contributed by atoms with Gasteiger partial charge in [-0.3, -0.25) is 9.59 Å². The highest BCUT2D eigenvalue weighted by molar-refractivity contribution is 6.30. The Morgan fingerprint density at radius 3 is 2.37 bits per heavy atom. The summed E-state index contributed by atoms with van der Waals surface area (Å²) < 4.78 is 15.6. The van der Waals surface area contributed by atoms with E-state index in [1.54, 1.807) is 30.3 Å². The summed E-state index contributed by atoms with van der Waals surface area (Å²) in [5.74, 6) is 0.192. The fourth-order valence-electron chi connectivity index (χ4n) is 2.87. The van der Waals surface area contributed by atoms with E-state index in [4.69, 9.17) is 25.8 Å². The second-order valence-corrected chi connectivity index (χ2v) is 6.72. The molecule has 3 rings (SSSR count). The maximum Gasteiger partial charge on any atom is 0.317 e. The first-order valence-corrected chi connectivity index (χ1v) is 8.81. The lowest BCUT2D eigenvalue weighted by Crippen LogP contribution is -2.28. The number of rotatable bonds is 7. The van der Waals surface area contributed by atoms with Crippen LogP contribution in [0.1, 0.15) is 18.4 Å². The van der Waals surface area contributed by atoms with Gasteiger partial charge >= 0.3 is 5.97 Å². The van der Waals surface area contributed by atoms with Gasteiger partial charge in [-0.15, -0.1) is 0 Å². The molecule has 142 valence electrons. The van der Waals surface area contributed by atoms with E-state index in [0.717, 1.165) is 5.56 Å². The van der Waals surface area contributed by atoms with Gasteiger partial charge in [0.25, 0.3) is 5.91 Å². The van der Waals surface area contributed by atoms with Crippen molar-refractivity contribution in [3.63, 3.8) is 0 Å². The number of methoxy groups -OCH3 is 2. The number of nitrogens with one attached hydrogen (secondary N) is 1. The number of carbonyl (C=O) groups excluding carboxylic acids is 2. The molecule has 0 saturated heterocycles. The number of ether oxygens (including phenoxy) is 3. The van der Waals surface area contributed by atoms with Gasteiger partial charge in [-0.05, 0) is 42.7 Å². The van der Waals surface area contributed by atoms with E-state index in [2.05, 4.69) is 5.32 Å². The summed E-state index contributed by atoms with van der Waals surface area (Å²) in [6, 6.07) is 12.2. The normalized spacial score (nSPS) is 14.2. The molecule has 1 amide bonds. The van der Waals surface area contributed by atoms with Crippen LogP contribution in [0.4, 0.5) is 5.69 Å². The second-order valence-electron chi connectivity index (χ2n) is 6.28. The van der Waals surface area contributed by atoms with E-state index in [1.807, 2.05) is 12.1 Å². The Morgan fingerprint density at radius 2 is 1.78 bits per heavy atom. The highest BCUT2D eigenvalue weighted by Crippen LogP contribution is 2.49. The maximum absolute atomic E-state index is 12.5. The number of amides is 1. The van der Waals surface area contributed by atoms with Gasteiger partial charge in [0.05, 0.1) is 25.3 Å². The minimum atomic E-state index is -0.668. The van der Waals surface area contributed by atoms with E-state index < -0.39 is 17.3 Å². The quantitative estimate of drug-likeness (QED) is 0.733. The van der Waals surface area contributed by atoms with E-state index in [1.165, 1.54) is 14.2 Å². The molecule has 0 radical (unpaired) electrons. The number of halogens is 1. The molecule has 27 heavy (non-hydrogen) atoms. The highest BCUT2D eigenvalue weighted by atomic mass is 35.5. The van der Waals surface area contributed by atoms with Gasteiger partial charge in [0, 0.05) is 11.1 Å². The van der Waals surface area contributed by atoms with Crippen molar-refractivity contribution < 1.29 is 23.8 Å². The van der Waals surface area contributed by atoms with Gasteiger partial charge in [0.1, 0.15) is 11.5 Å².